The molecular weight excluding hydrogens is 360 g/mol. The molecule has 2 aromatic carbocycles. The summed E-state index contributed by atoms with van der Waals surface area (Å²) >= 11 is 7.49. The largest absolute Gasteiger partial charge is 0.493 e. The van der Waals surface area contributed by atoms with Gasteiger partial charge in [0, 0.05) is 5.56 Å². The first-order valence-electron chi connectivity index (χ1n) is 7.29. The van der Waals surface area contributed by atoms with Gasteiger partial charge in [0.1, 0.15) is 5.01 Å². The van der Waals surface area contributed by atoms with Gasteiger partial charge in [0.2, 0.25) is 0 Å². The molecule has 126 valence electrons. The fourth-order valence-electron chi connectivity index (χ4n) is 2.47. The van der Waals surface area contributed by atoms with Gasteiger partial charge in [-0.1, -0.05) is 23.7 Å². The van der Waals surface area contributed by atoms with Crippen molar-refractivity contribution in [1.29, 1.82) is 5.26 Å². The van der Waals surface area contributed by atoms with Crippen molar-refractivity contribution in [1.82, 2.24) is 4.98 Å². The zero-order valence-electron chi connectivity index (χ0n) is 13.4. The van der Waals surface area contributed by atoms with Gasteiger partial charge in [0.15, 0.2) is 23.2 Å². The lowest BCUT2D eigenvalue weighted by atomic mass is 9.99. The molecule has 5 nitrogen and oxygen atoms in total. The highest BCUT2D eigenvalue weighted by molar-refractivity contribution is 7.18. The van der Waals surface area contributed by atoms with E-state index in [0.717, 1.165) is 10.2 Å². The number of ketones is 1. The number of para-hydroxylation sites is 1. The average Bonchev–Trinajstić information content (AvgIpc) is 3.05. The molecule has 1 atom stereocenters. The molecule has 1 aromatic heterocycles. The van der Waals surface area contributed by atoms with E-state index in [2.05, 4.69) is 4.98 Å². The van der Waals surface area contributed by atoms with E-state index in [1.54, 1.807) is 0 Å². The molecule has 0 bridgehead atoms. The number of benzene rings is 2. The molecule has 0 aliphatic rings. The average molecular weight is 373 g/mol. The number of nitriles is 1. The first-order chi connectivity index (χ1) is 12.1. The van der Waals surface area contributed by atoms with Crippen molar-refractivity contribution >= 4 is 38.9 Å². The van der Waals surface area contributed by atoms with Crippen LogP contribution in [0.25, 0.3) is 10.2 Å². The van der Waals surface area contributed by atoms with Crippen LogP contribution in [0.2, 0.25) is 5.02 Å². The van der Waals surface area contributed by atoms with Gasteiger partial charge in [0.05, 0.1) is 35.5 Å². The standard InChI is InChI=1S/C18H13ClN2O3S/c1-23-14-8-10(7-12(19)17(14)24-2)16(22)11(9-20)18-21-13-5-3-4-6-15(13)25-18/h3-8,11H,1-2H3. The van der Waals surface area contributed by atoms with Crippen molar-refractivity contribution in [3.05, 3.63) is 52.0 Å². The van der Waals surface area contributed by atoms with Crippen molar-refractivity contribution in [3.63, 3.8) is 0 Å². The number of fused-ring (bicyclic) bond motifs is 1. The van der Waals surface area contributed by atoms with E-state index in [9.17, 15) is 10.1 Å². The molecule has 0 fully saturated rings. The summed E-state index contributed by atoms with van der Waals surface area (Å²) in [6.45, 7) is 0. The quantitative estimate of drug-likeness (QED) is 0.618. The van der Waals surface area contributed by atoms with Crippen LogP contribution in [0, 0.1) is 11.3 Å². The summed E-state index contributed by atoms with van der Waals surface area (Å²) in [7, 11) is 2.92. The summed E-state index contributed by atoms with van der Waals surface area (Å²) in [5.74, 6) is -0.718. The predicted molar refractivity (Wildman–Crippen MR) is 96.9 cm³/mol. The summed E-state index contributed by atoms with van der Waals surface area (Å²) in [5.41, 5.74) is 1.04. The fourth-order valence-corrected chi connectivity index (χ4v) is 3.77. The van der Waals surface area contributed by atoms with Crippen LogP contribution in [0.4, 0.5) is 0 Å². The van der Waals surface area contributed by atoms with Crippen LogP contribution in [0.1, 0.15) is 21.3 Å². The predicted octanol–water partition coefficient (Wildman–Crippen LogP) is 4.46. The summed E-state index contributed by atoms with van der Waals surface area (Å²) in [5, 5.41) is 10.2. The maximum atomic E-state index is 12.9. The Kier molecular flexibility index (Phi) is 4.88. The van der Waals surface area contributed by atoms with E-state index < -0.39 is 5.92 Å². The fraction of sp³-hybridized carbons (Fsp3) is 0.167. The van der Waals surface area contributed by atoms with Gasteiger partial charge < -0.3 is 9.47 Å². The lowest BCUT2D eigenvalue weighted by Crippen LogP contribution is -2.11. The summed E-state index contributed by atoms with van der Waals surface area (Å²) in [4.78, 5) is 17.3. The first-order valence-corrected chi connectivity index (χ1v) is 8.49. The maximum absolute atomic E-state index is 12.9. The zero-order valence-corrected chi connectivity index (χ0v) is 15.0. The molecule has 0 radical (unpaired) electrons. The topological polar surface area (TPSA) is 72.2 Å². The number of hydrogen-bond acceptors (Lipinski definition) is 6. The molecule has 0 amide bonds. The van der Waals surface area contributed by atoms with Crippen LogP contribution in [-0.4, -0.2) is 25.0 Å². The molecule has 0 N–H and O–H groups in total. The summed E-state index contributed by atoms with van der Waals surface area (Å²) in [6, 6.07) is 12.5. The minimum atomic E-state index is -1.01. The number of thiazole rings is 1. The first kappa shape index (κ1) is 17.2. The molecule has 0 spiro atoms. The van der Waals surface area contributed by atoms with Gasteiger partial charge in [-0.3, -0.25) is 4.79 Å². The molecule has 3 aromatic rings. The summed E-state index contributed by atoms with van der Waals surface area (Å²) in [6.07, 6.45) is 0. The molecule has 0 saturated heterocycles. The van der Waals surface area contributed by atoms with Gasteiger partial charge in [0.25, 0.3) is 0 Å². The van der Waals surface area contributed by atoms with Crippen LogP contribution in [0.5, 0.6) is 11.5 Å². The number of carbonyl (C=O) groups excluding carboxylic acids is 1. The lowest BCUT2D eigenvalue weighted by molar-refractivity contribution is 0.0978. The molecule has 25 heavy (non-hydrogen) atoms. The molecule has 7 heteroatoms. The van der Waals surface area contributed by atoms with Crippen molar-refractivity contribution in [2.75, 3.05) is 14.2 Å². The van der Waals surface area contributed by atoms with E-state index in [1.807, 2.05) is 30.3 Å². The number of rotatable bonds is 5. The number of hydrogen-bond donors (Lipinski definition) is 0. The Morgan fingerprint density at radius 1 is 1.28 bits per heavy atom. The third-order valence-electron chi connectivity index (χ3n) is 3.67. The molecule has 1 heterocycles. The minimum absolute atomic E-state index is 0.242. The molecule has 0 aliphatic carbocycles. The van der Waals surface area contributed by atoms with Crippen molar-refractivity contribution < 1.29 is 14.3 Å². The SMILES string of the molecule is COc1cc(C(=O)C(C#N)c2nc3ccccc3s2)cc(Cl)c1OC. The van der Waals surface area contributed by atoms with Crippen LogP contribution in [0.3, 0.4) is 0 Å². The Morgan fingerprint density at radius 3 is 2.68 bits per heavy atom. The number of Topliss-reactive ketones (excluding diaryl/α,β-unsaturated/α-hetero) is 1. The highest BCUT2D eigenvalue weighted by Crippen LogP contribution is 2.38. The van der Waals surface area contributed by atoms with Gasteiger partial charge in [-0.2, -0.15) is 5.26 Å². The molecule has 1 unspecified atom stereocenters. The maximum Gasteiger partial charge on any atom is 0.187 e. The smallest absolute Gasteiger partial charge is 0.187 e. The van der Waals surface area contributed by atoms with Crippen LogP contribution >= 0.6 is 22.9 Å². The Morgan fingerprint density at radius 2 is 2.04 bits per heavy atom. The van der Waals surface area contributed by atoms with E-state index in [4.69, 9.17) is 21.1 Å². The van der Waals surface area contributed by atoms with Crippen molar-refractivity contribution in [3.8, 4) is 17.6 Å². The summed E-state index contributed by atoms with van der Waals surface area (Å²) < 4.78 is 11.3. The zero-order chi connectivity index (χ0) is 18.0. The highest BCUT2D eigenvalue weighted by Gasteiger charge is 2.27. The monoisotopic (exact) mass is 372 g/mol. The number of carbonyl (C=O) groups is 1. The molecule has 0 aliphatic heterocycles. The van der Waals surface area contributed by atoms with Crippen LogP contribution < -0.4 is 9.47 Å². The normalized spacial score (nSPS) is 11.8. The van der Waals surface area contributed by atoms with Gasteiger partial charge in [-0.25, -0.2) is 4.98 Å². The molecule has 0 saturated carbocycles. The molecular formula is C18H13ClN2O3S. The molecule has 3 rings (SSSR count). The minimum Gasteiger partial charge on any atom is -0.493 e. The Balaban J connectivity index is 2.03. The number of methoxy groups -OCH3 is 2. The number of nitrogens with zero attached hydrogens (tertiary/aromatic N) is 2. The number of aromatic nitrogens is 1. The number of halogens is 1. The van der Waals surface area contributed by atoms with Crippen molar-refractivity contribution in [2.24, 2.45) is 0 Å². The lowest BCUT2D eigenvalue weighted by Gasteiger charge is -2.12. The van der Waals surface area contributed by atoms with Gasteiger partial charge in [-0.05, 0) is 24.3 Å². The van der Waals surface area contributed by atoms with Crippen LogP contribution in [-0.2, 0) is 0 Å². The second-order valence-corrected chi connectivity index (χ2v) is 6.61. The van der Waals surface area contributed by atoms with E-state index in [0.29, 0.717) is 16.5 Å². The van der Waals surface area contributed by atoms with Crippen molar-refractivity contribution in [2.45, 2.75) is 5.92 Å². The van der Waals surface area contributed by atoms with E-state index >= 15 is 0 Å². The van der Waals surface area contributed by atoms with Gasteiger partial charge >= 0.3 is 0 Å². The second-order valence-electron chi connectivity index (χ2n) is 5.14. The Labute approximate surface area is 153 Å². The van der Waals surface area contributed by atoms with Gasteiger partial charge in [-0.15, -0.1) is 11.3 Å². The van der Waals surface area contributed by atoms with E-state index in [-0.39, 0.29) is 16.4 Å². The Hall–Kier alpha value is -2.62. The van der Waals surface area contributed by atoms with Crippen LogP contribution in [0.15, 0.2) is 36.4 Å². The third kappa shape index (κ3) is 3.16. The Bertz CT molecular complexity index is 961. The number of ether oxygens (including phenoxy) is 2. The van der Waals surface area contributed by atoms with E-state index in [1.165, 1.54) is 37.7 Å². The third-order valence-corrected chi connectivity index (χ3v) is 5.05. The second kappa shape index (κ2) is 7.09. The highest BCUT2D eigenvalue weighted by atomic mass is 35.5.